The number of aromatic nitrogens is 3. The summed E-state index contributed by atoms with van der Waals surface area (Å²) >= 11 is 0. The molecular weight excluding hydrogens is 240 g/mol. The molecule has 1 aliphatic rings. The molecule has 1 unspecified atom stereocenters. The summed E-state index contributed by atoms with van der Waals surface area (Å²) in [7, 11) is 0. The fraction of sp³-hybridized carbons (Fsp3) is 0.857. The molecule has 2 heterocycles. The molecule has 0 amide bonds. The number of nitrogens with zero attached hydrogens (tertiary/aromatic N) is 4. The zero-order valence-corrected chi connectivity index (χ0v) is 12.2. The Bertz CT molecular complexity index is 391. The van der Waals surface area contributed by atoms with Gasteiger partial charge in [-0.25, -0.2) is 0 Å². The smallest absolute Gasteiger partial charge is 0.147 e. The monoisotopic (exact) mass is 266 g/mol. The molecule has 0 aliphatic carbocycles. The van der Waals surface area contributed by atoms with Gasteiger partial charge in [0.15, 0.2) is 0 Å². The van der Waals surface area contributed by atoms with E-state index in [0.29, 0.717) is 12.6 Å². The molecule has 5 nitrogen and oxygen atoms in total. The van der Waals surface area contributed by atoms with Crippen molar-refractivity contribution in [1.82, 2.24) is 19.7 Å². The number of hydrogen-bond acceptors (Lipinski definition) is 4. The first-order valence-electron chi connectivity index (χ1n) is 7.49. The van der Waals surface area contributed by atoms with E-state index in [1.54, 1.807) is 0 Å². The Morgan fingerprint density at radius 3 is 2.95 bits per heavy atom. The van der Waals surface area contributed by atoms with Crippen molar-refractivity contribution in [2.45, 2.75) is 65.1 Å². The lowest BCUT2D eigenvalue weighted by molar-refractivity contribution is 0.204. The first kappa shape index (κ1) is 14.5. The van der Waals surface area contributed by atoms with Crippen molar-refractivity contribution in [2.24, 2.45) is 0 Å². The van der Waals surface area contributed by atoms with Crippen molar-refractivity contribution in [2.75, 3.05) is 13.2 Å². The number of hydrogen-bond donors (Lipinski definition) is 1. The SMILES string of the molecule is CCCn1c(C)nnc1CN1CCCC1CCCO. The second kappa shape index (κ2) is 7.01. The molecule has 0 spiro atoms. The van der Waals surface area contributed by atoms with Crippen LogP contribution in [0.2, 0.25) is 0 Å². The van der Waals surface area contributed by atoms with Crippen LogP contribution < -0.4 is 0 Å². The summed E-state index contributed by atoms with van der Waals surface area (Å²) in [5.74, 6) is 2.11. The van der Waals surface area contributed by atoms with Gasteiger partial charge in [-0.05, 0) is 45.6 Å². The van der Waals surface area contributed by atoms with E-state index in [1.807, 2.05) is 6.92 Å². The van der Waals surface area contributed by atoms with E-state index in [-0.39, 0.29) is 0 Å². The van der Waals surface area contributed by atoms with Crippen molar-refractivity contribution < 1.29 is 5.11 Å². The van der Waals surface area contributed by atoms with Crippen LogP contribution in [-0.4, -0.2) is 44.0 Å². The van der Waals surface area contributed by atoms with Gasteiger partial charge in [-0.2, -0.15) is 0 Å². The number of aliphatic hydroxyl groups is 1. The maximum atomic E-state index is 8.98. The molecule has 1 atom stereocenters. The first-order valence-corrected chi connectivity index (χ1v) is 7.49. The summed E-state index contributed by atoms with van der Waals surface area (Å²) in [6.07, 6.45) is 5.62. The Labute approximate surface area is 115 Å². The minimum absolute atomic E-state index is 0.301. The molecule has 1 aliphatic heterocycles. The quantitative estimate of drug-likeness (QED) is 0.816. The molecule has 1 aromatic heterocycles. The summed E-state index contributed by atoms with van der Waals surface area (Å²) in [6, 6.07) is 0.610. The molecule has 108 valence electrons. The lowest BCUT2D eigenvalue weighted by Gasteiger charge is -2.24. The summed E-state index contributed by atoms with van der Waals surface area (Å²) in [5, 5.41) is 17.5. The van der Waals surface area contributed by atoms with Gasteiger partial charge in [0.25, 0.3) is 0 Å². The molecule has 0 aromatic carbocycles. The van der Waals surface area contributed by atoms with Gasteiger partial charge in [-0.15, -0.1) is 10.2 Å². The second-order valence-electron chi connectivity index (χ2n) is 5.45. The summed E-state index contributed by atoms with van der Waals surface area (Å²) in [6.45, 7) is 7.56. The predicted molar refractivity (Wildman–Crippen MR) is 74.8 cm³/mol. The second-order valence-corrected chi connectivity index (χ2v) is 5.45. The lowest BCUT2D eigenvalue weighted by atomic mass is 10.1. The molecular formula is C14H26N4O. The van der Waals surface area contributed by atoms with Gasteiger partial charge in [0.1, 0.15) is 11.6 Å². The average molecular weight is 266 g/mol. The summed E-state index contributed by atoms with van der Waals surface area (Å²) in [5.41, 5.74) is 0. The van der Waals surface area contributed by atoms with Crippen LogP contribution in [0.5, 0.6) is 0 Å². The van der Waals surface area contributed by atoms with Crippen LogP contribution in [0, 0.1) is 6.92 Å². The van der Waals surface area contributed by atoms with Gasteiger partial charge in [-0.1, -0.05) is 6.92 Å². The number of rotatable bonds is 7. The van der Waals surface area contributed by atoms with Crippen LogP contribution in [-0.2, 0) is 13.1 Å². The molecule has 1 aromatic rings. The molecule has 1 N–H and O–H groups in total. The van der Waals surface area contributed by atoms with Crippen LogP contribution in [0.15, 0.2) is 0 Å². The Hall–Kier alpha value is -0.940. The van der Waals surface area contributed by atoms with E-state index in [1.165, 1.54) is 12.8 Å². The van der Waals surface area contributed by atoms with Crippen LogP contribution >= 0.6 is 0 Å². The largest absolute Gasteiger partial charge is 0.396 e. The topological polar surface area (TPSA) is 54.2 Å². The molecule has 0 bridgehead atoms. The zero-order valence-electron chi connectivity index (χ0n) is 12.2. The van der Waals surface area contributed by atoms with Crippen LogP contribution in [0.25, 0.3) is 0 Å². The van der Waals surface area contributed by atoms with Gasteiger partial charge in [-0.3, -0.25) is 4.90 Å². The van der Waals surface area contributed by atoms with Crippen molar-refractivity contribution in [3.05, 3.63) is 11.6 Å². The summed E-state index contributed by atoms with van der Waals surface area (Å²) < 4.78 is 2.24. The normalized spacial score (nSPS) is 20.3. The van der Waals surface area contributed by atoms with E-state index in [9.17, 15) is 0 Å². The molecule has 1 saturated heterocycles. The maximum absolute atomic E-state index is 8.98. The molecule has 5 heteroatoms. The van der Waals surface area contributed by atoms with Gasteiger partial charge in [0, 0.05) is 19.2 Å². The zero-order chi connectivity index (χ0) is 13.7. The van der Waals surface area contributed by atoms with E-state index >= 15 is 0 Å². The van der Waals surface area contributed by atoms with Crippen molar-refractivity contribution in [3.63, 3.8) is 0 Å². The fourth-order valence-corrected chi connectivity index (χ4v) is 3.00. The Kier molecular flexibility index (Phi) is 5.34. The number of aryl methyl sites for hydroxylation is 1. The van der Waals surface area contributed by atoms with E-state index in [0.717, 1.165) is 50.5 Å². The minimum Gasteiger partial charge on any atom is -0.396 e. The third-order valence-electron chi connectivity index (χ3n) is 4.00. The highest BCUT2D eigenvalue weighted by atomic mass is 16.2. The highest BCUT2D eigenvalue weighted by Gasteiger charge is 2.25. The van der Waals surface area contributed by atoms with E-state index in [2.05, 4.69) is 26.6 Å². The highest BCUT2D eigenvalue weighted by molar-refractivity contribution is 4.95. The van der Waals surface area contributed by atoms with Crippen molar-refractivity contribution in [1.29, 1.82) is 0 Å². The predicted octanol–water partition coefficient (Wildman–Crippen LogP) is 1.73. The van der Waals surface area contributed by atoms with Crippen molar-refractivity contribution in [3.8, 4) is 0 Å². The third kappa shape index (κ3) is 3.54. The Morgan fingerprint density at radius 1 is 1.37 bits per heavy atom. The Balaban J connectivity index is 1.99. The van der Waals surface area contributed by atoms with Gasteiger partial charge >= 0.3 is 0 Å². The van der Waals surface area contributed by atoms with E-state index in [4.69, 9.17) is 5.11 Å². The fourth-order valence-electron chi connectivity index (χ4n) is 3.00. The third-order valence-corrected chi connectivity index (χ3v) is 4.00. The summed E-state index contributed by atoms with van der Waals surface area (Å²) in [4.78, 5) is 2.51. The van der Waals surface area contributed by atoms with Crippen molar-refractivity contribution >= 4 is 0 Å². The van der Waals surface area contributed by atoms with Gasteiger partial charge in [0.2, 0.25) is 0 Å². The van der Waals surface area contributed by atoms with E-state index < -0.39 is 0 Å². The average Bonchev–Trinajstić information content (AvgIpc) is 2.98. The van der Waals surface area contributed by atoms with Crippen LogP contribution in [0.1, 0.15) is 50.7 Å². The highest BCUT2D eigenvalue weighted by Crippen LogP contribution is 2.23. The molecule has 2 rings (SSSR count). The van der Waals surface area contributed by atoms with Crippen LogP contribution in [0.4, 0.5) is 0 Å². The number of likely N-dealkylation sites (tertiary alicyclic amines) is 1. The number of aliphatic hydroxyl groups excluding tert-OH is 1. The Morgan fingerprint density at radius 2 is 2.21 bits per heavy atom. The maximum Gasteiger partial charge on any atom is 0.147 e. The molecule has 19 heavy (non-hydrogen) atoms. The van der Waals surface area contributed by atoms with Gasteiger partial charge in [0.05, 0.1) is 6.54 Å². The lowest BCUT2D eigenvalue weighted by Crippen LogP contribution is -2.30. The molecule has 0 radical (unpaired) electrons. The minimum atomic E-state index is 0.301. The van der Waals surface area contributed by atoms with Crippen LogP contribution in [0.3, 0.4) is 0 Å². The molecule has 0 saturated carbocycles. The molecule has 1 fully saturated rings. The first-order chi connectivity index (χ1) is 9.26. The van der Waals surface area contributed by atoms with Gasteiger partial charge < -0.3 is 9.67 Å². The standard InChI is InChI=1S/C14H26N4O/c1-3-8-18-12(2)15-16-14(18)11-17-9-4-6-13(17)7-5-10-19/h13,19H,3-11H2,1-2H3.